The number of nitrogens with one attached hydrogen (secondary N) is 1. The summed E-state index contributed by atoms with van der Waals surface area (Å²) in [4.78, 5) is 0. The summed E-state index contributed by atoms with van der Waals surface area (Å²) in [6.07, 6.45) is 0.962. The van der Waals surface area contributed by atoms with Crippen LogP contribution in [0.25, 0.3) is 0 Å². The van der Waals surface area contributed by atoms with Crippen molar-refractivity contribution in [2.75, 3.05) is 13.2 Å². The van der Waals surface area contributed by atoms with Crippen molar-refractivity contribution in [3.05, 3.63) is 42.0 Å². The van der Waals surface area contributed by atoms with Gasteiger partial charge in [-0.15, -0.1) is 6.58 Å². The van der Waals surface area contributed by atoms with Gasteiger partial charge in [-0.2, -0.15) is 0 Å². The monoisotopic (exact) mass is 233 g/mol. The second kappa shape index (κ2) is 7.13. The maximum absolute atomic E-state index is 5.53. The predicted molar refractivity (Wildman–Crippen MR) is 73.5 cm³/mol. The summed E-state index contributed by atoms with van der Waals surface area (Å²) >= 11 is 0. The molecule has 0 aliphatic carbocycles. The van der Waals surface area contributed by atoms with Crippen LogP contribution < -0.4 is 10.1 Å². The molecule has 1 aromatic rings. The van der Waals surface area contributed by atoms with Crippen molar-refractivity contribution >= 4 is 0 Å². The fourth-order valence-corrected chi connectivity index (χ4v) is 1.89. The Morgan fingerprint density at radius 1 is 1.41 bits per heavy atom. The molecule has 1 aromatic carbocycles. The van der Waals surface area contributed by atoms with Gasteiger partial charge in [0.25, 0.3) is 0 Å². The van der Waals surface area contributed by atoms with Gasteiger partial charge in [0.15, 0.2) is 0 Å². The quantitative estimate of drug-likeness (QED) is 0.725. The molecule has 0 aliphatic rings. The lowest BCUT2D eigenvalue weighted by atomic mass is 10.00. The third kappa shape index (κ3) is 4.61. The van der Waals surface area contributed by atoms with Gasteiger partial charge in [-0.05, 0) is 44.5 Å². The van der Waals surface area contributed by atoms with E-state index >= 15 is 0 Å². The van der Waals surface area contributed by atoms with Gasteiger partial charge in [0.1, 0.15) is 5.75 Å². The van der Waals surface area contributed by atoms with Crippen molar-refractivity contribution in [3.8, 4) is 5.75 Å². The minimum absolute atomic E-state index is 0.331. The second-order valence-corrected chi connectivity index (χ2v) is 4.28. The lowest BCUT2D eigenvalue weighted by molar-refractivity contribution is 0.339. The summed E-state index contributed by atoms with van der Waals surface area (Å²) in [7, 11) is 0. The van der Waals surface area contributed by atoms with Gasteiger partial charge in [-0.1, -0.05) is 24.6 Å². The van der Waals surface area contributed by atoms with Crippen LogP contribution in [0.15, 0.2) is 36.4 Å². The van der Waals surface area contributed by atoms with E-state index in [1.165, 1.54) is 11.1 Å². The number of rotatable bonds is 7. The van der Waals surface area contributed by atoms with Crippen molar-refractivity contribution in [3.63, 3.8) is 0 Å². The summed E-state index contributed by atoms with van der Waals surface area (Å²) < 4.78 is 5.53. The van der Waals surface area contributed by atoms with Crippen molar-refractivity contribution in [2.24, 2.45) is 0 Å². The van der Waals surface area contributed by atoms with Crippen LogP contribution >= 0.6 is 0 Å². The van der Waals surface area contributed by atoms with Gasteiger partial charge in [-0.25, -0.2) is 0 Å². The Labute approximate surface area is 105 Å². The molecule has 1 N–H and O–H groups in total. The van der Waals surface area contributed by atoms with E-state index in [1.807, 2.05) is 19.1 Å². The SMILES string of the molecule is C=C(C)CC(NCC)c1cccc(OCC)c1. The van der Waals surface area contributed by atoms with Crippen LogP contribution in [0.1, 0.15) is 38.8 Å². The summed E-state index contributed by atoms with van der Waals surface area (Å²) in [5.41, 5.74) is 2.46. The molecule has 2 nitrogen and oxygen atoms in total. The average molecular weight is 233 g/mol. The van der Waals surface area contributed by atoms with Crippen LogP contribution in [0.5, 0.6) is 5.75 Å². The molecule has 0 spiro atoms. The summed E-state index contributed by atoms with van der Waals surface area (Å²) in [6.45, 7) is 11.8. The zero-order chi connectivity index (χ0) is 12.7. The fourth-order valence-electron chi connectivity index (χ4n) is 1.89. The molecule has 0 saturated carbocycles. The smallest absolute Gasteiger partial charge is 0.119 e. The molecule has 0 bridgehead atoms. The molecule has 0 heterocycles. The molecule has 0 amide bonds. The molecule has 94 valence electrons. The van der Waals surface area contributed by atoms with Crippen molar-refractivity contribution < 1.29 is 4.74 Å². The van der Waals surface area contributed by atoms with Crippen molar-refractivity contribution in [1.82, 2.24) is 5.32 Å². The first-order valence-corrected chi connectivity index (χ1v) is 6.27. The van der Waals surface area contributed by atoms with Gasteiger partial charge >= 0.3 is 0 Å². The topological polar surface area (TPSA) is 21.3 Å². The lowest BCUT2D eigenvalue weighted by Crippen LogP contribution is -2.21. The Kier molecular flexibility index (Phi) is 5.78. The zero-order valence-corrected chi connectivity index (χ0v) is 11.1. The molecule has 1 rings (SSSR count). The van der Waals surface area contributed by atoms with Gasteiger partial charge in [-0.3, -0.25) is 0 Å². The van der Waals surface area contributed by atoms with E-state index < -0.39 is 0 Å². The molecular formula is C15H23NO. The lowest BCUT2D eigenvalue weighted by Gasteiger charge is -2.19. The summed E-state index contributed by atoms with van der Waals surface area (Å²) in [5, 5.41) is 3.48. The maximum atomic E-state index is 5.53. The number of hydrogen-bond donors (Lipinski definition) is 1. The van der Waals surface area contributed by atoms with E-state index in [0.29, 0.717) is 12.6 Å². The molecule has 0 fully saturated rings. The largest absolute Gasteiger partial charge is 0.494 e. The van der Waals surface area contributed by atoms with Crippen LogP contribution in [0.4, 0.5) is 0 Å². The zero-order valence-electron chi connectivity index (χ0n) is 11.1. The molecule has 0 saturated heterocycles. The Morgan fingerprint density at radius 3 is 2.76 bits per heavy atom. The van der Waals surface area contributed by atoms with Gasteiger partial charge in [0, 0.05) is 6.04 Å². The van der Waals surface area contributed by atoms with Crippen LogP contribution in [0.3, 0.4) is 0 Å². The first-order chi connectivity index (χ1) is 8.17. The van der Waals surface area contributed by atoms with E-state index in [4.69, 9.17) is 4.74 Å². The molecule has 1 unspecified atom stereocenters. The predicted octanol–water partition coefficient (Wildman–Crippen LogP) is 3.70. The Morgan fingerprint density at radius 2 is 2.18 bits per heavy atom. The number of ether oxygens (including phenoxy) is 1. The minimum atomic E-state index is 0.331. The fraction of sp³-hybridized carbons (Fsp3) is 0.467. The highest BCUT2D eigenvalue weighted by molar-refractivity contribution is 5.31. The Bertz CT molecular complexity index is 360. The van der Waals surface area contributed by atoms with Gasteiger partial charge in [0.2, 0.25) is 0 Å². The molecule has 0 aliphatic heterocycles. The van der Waals surface area contributed by atoms with E-state index in [1.54, 1.807) is 0 Å². The maximum Gasteiger partial charge on any atom is 0.119 e. The summed E-state index contributed by atoms with van der Waals surface area (Å²) in [6, 6.07) is 8.62. The second-order valence-electron chi connectivity index (χ2n) is 4.28. The highest BCUT2D eigenvalue weighted by Gasteiger charge is 2.10. The van der Waals surface area contributed by atoms with Crippen molar-refractivity contribution in [2.45, 2.75) is 33.2 Å². The van der Waals surface area contributed by atoms with E-state index in [9.17, 15) is 0 Å². The third-order valence-electron chi connectivity index (χ3n) is 2.57. The van der Waals surface area contributed by atoms with E-state index in [-0.39, 0.29) is 0 Å². The minimum Gasteiger partial charge on any atom is -0.494 e. The van der Waals surface area contributed by atoms with Gasteiger partial charge in [0.05, 0.1) is 6.61 Å². The first kappa shape index (κ1) is 13.8. The Hall–Kier alpha value is -1.28. The van der Waals surface area contributed by atoms with Crippen LogP contribution in [-0.4, -0.2) is 13.2 Å². The standard InChI is InChI=1S/C15H23NO/c1-5-16-15(10-12(3)4)13-8-7-9-14(11-13)17-6-2/h7-9,11,15-16H,3,5-6,10H2,1-2,4H3. The molecule has 2 heteroatoms. The van der Waals surface area contributed by atoms with Crippen molar-refractivity contribution in [1.29, 1.82) is 0 Å². The Balaban J connectivity index is 2.84. The number of hydrogen-bond acceptors (Lipinski definition) is 2. The molecular weight excluding hydrogens is 210 g/mol. The molecule has 0 aromatic heterocycles. The number of benzene rings is 1. The normalized spacial score (nSPS) is 12.2. The molecule has 0 radical (unpaired) electrons. The molecule has 1 atom stereocenters. The van der Waals surface area contributed by atoms with E-state index in [0.717, 1.165) is 18.7 Å². The van der Waals surface area contributed by atoms with Crippen LogP contribution in [-0.2, 0) is 0 Å². The molecule has 17 heavy (non-hydrogen) atoms. The average Bonchev–Trinajstić information content (AvgIpc) is 2.29. The highest BCUT2D eigenvalue weighted by atomic mass is 16.5. The van der Waals surface area contributed by atoms with Gasteiger partial charge < -0.3 is 10.1 Å². The van der Waals surface area contributed by atoms with Crippen LogP contribution in [0.2, 0.25) is 0 Å². The highest BCUT2D eigenvalue weighted by Crippen LogP contribution is 2.23. The third-order valence-corrected chi connectivity index (χ3v) is 2.57. The summed E-state index contributed by atoms with van der Waals surface area (Å²) in [5.74, 6) is 0.939. The first-order valence-electron chi connectivity index (χ1n) is 6.27. The van der Waals surface area contributed by atoms with E-state index in [2.05, 4.69) is 37.9 Å². The van der Waals surface area contributed by atoms with Crippen LogP contribution in [0, 0.1) is 0 Å².